The minimum Gasteiger partial charge on any atom is -0.302 e. The standard InChI is InChI=1S/C21H32N2S/c1-3-23(15-10-18-24-21-13-8-5-9-14-21)17-16-22(2)19-20-11-6-4-7-12-20/h4-8,11-13H,3,9-10,14-19H2,1-2H3. The van der Waals surface area contributed by atoms with Gasteiger partial charge >= 0.3 is 0 Å². The van der Waals surface area contributed by atoms with Gasteiger partial charge in [-0.05, 0) is 55.6 Å². The molecule has 1 aromatic carbocycles. The molecule has 0 N–H and O–H groups in total. The van der Waals surface area contributed by atoms with Crippen molar-refractivity contribution in [2.24, 2.45) is 0 Å². The number of thioether (sulfide) groups is 1. The van der Waals surface area contributed by atoms with Crippen LogP contribution in [0.4, 0.5) is 0 Å². The van der Waals surface area contributed by atoms with Crippen LogP contribution in [0.5, 0.6) is 0 Å². The van der Waals surface area contributed by atoms with Crippen LogP contribution < -0.4 is 0 Å². The van der Waals surface area contributed by atoms with Crippen molar-refractivity contribution in [1.29, 1.82) is 0 Å². The van der Waals surface area contributed by atoms with E-state index in [0.29, 0.717) is 0 Å². The summed E-state index contributed by atoms with van der Waals surface area (Å²) in [6.07, 6.45) is 10.5. The highest BCUT2D eigenvalue weighted by Gasteiger charge is 2.06. The van der Waals surface area contributed by atoms with Gasteiger partial charge in [0.2, 0.25) is 0 Å². The Hall–Kier alpha value is -1.03. The predicted octanol–water partition coefficient (Wildman–Crippen LogP) is 4.80. The summed E-state index contributed by atoms with van der Waals surface area (Å²) in [5.74, 6) is 1.25. The Balaban J connectivity index is 1.59. The SMILES string of the molecule is CCN(CCCSC1=CC=CCC1)CCN(C)Cc1ccccc1. The van der Waals surface area contributed by atoms with Crippen molar-refractivity contribution in [2.45, 2.75) is 32.7 Å². The fourth-order valence-corrected chi connectivity index (χ4v) is 3.88. The Morgan fingerprint density at radius 1 is 1.08 bits per heavy atom. The van der Waals surface area contributed by atoms with Crippen molar-refractivity contribution in [3.05, 3.63) is 59.0 Å². The molecule has 0 heterocycles. The third-order valence-corrected chi connectivity index (χ3v) is 5.63. The molecule has 132 valence electrons. The first-order valence-electron chi connectivity index (χ1n) is 9.21. The van der Waals surface area contributed by atoms with E-state index in [1.54, 1.807) is 4.91 Å². The van der Waals surface area contributed by atoms with E-state index in [0.717, 1.165) is 26.2 Å². The molecule has 0 radical (unpaired) electrons. The maximum Gasteiger partial charge on any atom is 0.0231 e. The van der Waals surface area contributed by atoms with Crippen LogP contribution in [0.15, 0.2) is 53.5 Å². The second-order valence-corrected chi connectivity index (χ2v) is 7.68. The highest BCUT2D eigenvalue weighted by atomic mass is 32.2. The fraction of sp³-hybridized carbons (Fsp3) is 0.524. The van der Waals surface area contributed by atoms with E-state index in [1.807, 2.05) is 11.8 Å². The first-order chi connectivity index (χ1) is 11.8. The van der Waals surface area contributed by atoms with E-state index in [1.165, 1.54) is 37.1 Å². The van der Waals surface area contributed by atoms with Crippen molar-refractivity contribution in [2.75, 3.05) is 39.0 Å². The van der Waals surface area contributed by atoms with Crippen LogP contribution in [0.3, 0.4) is 0 Å². The monoisotopic (exact) mass is 344 g/mol. The van der Waals surface area contributed by atoms with Crippen molar-refractivity contribution >= 4 is 11.8 Å². The highest BCUT2D eigenvalue weighted by molar-refractivity contribution is 8.03. The molecule has 1 aromatic rings. The second-order valence-electron chi connectivity index (χ2n) is 6.46. The predicted molar refractivity (Wildman–Crippen MR) is 108 cm³/mol. The van der Waals surface area contributed by atoms with Gasteiger partial charge in [-0.25, -0.2) is 0 Å². The summed E-state index contributed by atoms with van der Waals surface area (Å²) in [5.41, 5.74) is 1.40. The van der Waals surface area contributed by atoms with Crippen LogP contribution >= 0.6 is 11.8 Å². The van der Waals surface area contributed by atoms with Crippen molar-refractivity contribution in [3.8, 4) is 0 Å². The van der Waals surface area contributed by atoms with Gasteiger partial charge in [0.1, 0.15) is 0 Å². The third kappa shape index (κ3) is 7.69. The van der Waals surface area contributed by atoms with Gasteiger partial charge in [0.25, 0.3) is 0 Å². The number of hydrogen-bond donors (Lipinski definition) is 0. The normalized spacial score (nSPS) is 14.4. The molecule has 0 saturated heterocycles. The van der Waals surface area contributed by atoms with E-state index in [2.05, 4.69) is 72.3 Å². The third-order valence-electron chi connectivity index (χ3n) is 4.42. The maximum absolute atomic E-state index is 2.58. The lowest BCUT2D eigenvalue weighted by atomic mass is 10.2. The molecule has 0 fully saturated rings. The Bertz CT molecular complexity index is 510. The number of rotatable bonds is 11. The summed E-state index contributed by atoms with van der Waals surface area (Å²) in [5, 5.41) is 0. The molecule has 0 spiro atoms. The molecule has 1 aliphatic rings. The van der Waals surface area contributed by atoms with Crippen LogP contribution in [0.1, 0.15) is 31.7 Å². The molecule has 0 unspecified atom stereocenters. The maximum atomic E-state index is 2.58. The van der Waals surface area contributed by atoms with Crippen LogP contribution in [0.25, 0.3) is 0 Å². The smallest absolute Gasteiger partial charge is 0.0231 e. The van der Waals surface area contributed by atoms with Gasteiger partial charge in [0.05, 0.1) is 0 Å². The molecule has 0 saturated carbocycles. The quantitative estimate of drug-likeness (QED) is 0.533. The molecule has 0 aromatic heterocycles. The minimum absolute atomic E-state index is 1.04. The van der Waals surface area contributed by atoms with Crippen molar-refractivity contribution in [1.82, 2.24) is 9.80 Å². The molecule has 0 aliphatic heterocycles. The molecule has 0 amide bonds. The summed E-state index contributed by atoms with van der Waals surface area (Å²) < 4.78 is 0. The van der Waals surface area contributed by atoms with Gasteiger partial charge in [-0.3, -0.25) is 0 Å². The molecule has 3 heteroatoms. The zero-order valence-corrected chi connectivity index (χ0v) is 16.1. The van der Waals surface area contributed by atoms with E-state index in [-0.39, 0.29) is 0 Å². The summed E-state index contributed by atoms with van der Waals surface area (Å²) in [7, 11) is 2.22. The Morgan fingerprint density at radius 2 is 1.92 bits per heavy atom. The lowest BCUT2D eigenvalue weighted by molar-refractivity contribution is 0.229. The van der Waals surface area contributed by atoms with Gasteiger partial charge in [-0.1, -0.05) is 55.5 Å². The number of nitrogens with zero attached hydrogens (tertiary/aromatic N) is 2. The fourth-order valence-electron chi connectivity index (χ4n) is 2.91. The second kappa shape index (κ2) is 11.5. The van der Waals surface area contributed by atoms with Gasteiger partial charge in [-0.2, -0.15) is 0 Å². The van der Waals surface area contributed by atoms with E-state index in [4.69, 9.17) is 0 Å². The minimum atomic E-state index is 1.04. The molecular weight excluding hydrogens is 312 g/mol. The summed E-state index contributed by atoms with van der Waals surface area (Å²) in [6, 6.07) is 10.7. The first kappa shape index (κ1) is 19.3. The van der Waals surface area contributed by atoms with Crippen LogP contribution in [-0.2, 0) is 6.54 Å². The Labute approximate surface area is 152 Å². The van der Waals surface area contributed by atoms with Gasteiger partial charge in [0.15, 0.2) is 0 Å². The summed E-state index contributed by atoms with van der Waals surface area (Å²) in [4.78, 5) is 6.56. The molecule has 1 aliphatic carbocycles. The molecule has 0 bridgehead atoms. The van der Waals surface area contributed by atoms with Gasteiger partial charge in [-0.15, -0.1) is 11.8 Å². The lowest BCUT2D eigenvalue weighted by Gasteiger charge is -2.24. The lowest BCUT2D eigenvalue weighted by Crippen LogP contribution is -2.33. The molecule has 0 atom stereocenters. The number of allylic oxidation sites excluding steroid dienone is 4. The Morgan fingerprint density at radius 3 is 2.62 bits per heavy atom. The number of likely N-dealkylation sites (N-methyl/N-ethyl adjacent to an activating group) is 2. The van der Waals surface area contributed by atoms with Gasteiger partial charge < -0.3 is 9.80 Å². The topological polar surface area (TPSA) is 6.48 Å². The average Bonchev–Trinajstić information content (AvgIpc) is 2.63. The first-order valence-corrected chi connectivity index (χ1v) is 10.2. The van der Waals surface area contributed by atoms with Crippen molar-refractivity contribution < 1.29 is 0 Å². The van der Waals surface area contributed by atoms with E-state index < -0.39 is 0 Å². The molecule has 24 heavy (non-hydrogen) atoms. The molecule has 2 rings (SSSR count). The number of hydrogen-bond acceptors (Lipinski definition) is 3. The van der Waals surface area contributed by atoms with Crippen LogP contribution in [0.2, 0.25) is 0 Å². The largest absolute Gasteiger partial charge is 0.302 e. The van der Waals surface area contributed by atoms with Crippen molar-refractivity contribution in [3.63, 3.8) is 0 Å². The highest BCUT2D eigenvalue weighted by Crippen LogP contribution is 2.24. The van der Waals surface area contributed by atoms with Crippen LogP contribution in [0, 0.1) is 0 Å². The van der Waals surface area contributed by atoms with Crippen LogP contribution in [-0.4, -0.2) is 48.8 Å². The average molecular weight is 345 g/mol. The summed E-state index contributed by atoms with van der Waals surface area (Å²) >= 11 is 2.05. The van der Waals surface area contributed by atoms with Gasteiger partial charge in [0, 0.05) is 19.6 Å². The number of benzene rings is 1. The van der Waals surface area contributed by atoms with E-state index >= 15 is 0 Å². The Kier molecular flexibility index (Phi) is 9.26. The summed E-state index contributed by atoms with van der Waals surface area (Å²) in [6.45, 7) is 7.97. The molecular formula is C21H32N2S. The van der Waals surface area contributed by atoms with E-state index in [9.17, 15) is 0 Å². The molecule has 2 nitrogen and oxygen atoms in total. The zero-order chi connectivity index (χ0) is 17.0. The zero-order valence-electron chi connectivity index (χ0n) is 15.3.